The van der Waals surface area contributed by atoms with Crippen molar-refractivity contribution in [1.82, 2.24) is 4.72 Å². The van der Waals surface area contributed by atoms with Crippen molar-refractivity contribution < 1.29 is 8.42 Å². The standard InChI is InChI=1S/C15H17ClN2O2S/c1-11-5-6-14(10-15(11)17)21(19,20)18-8-7-12-3-2-4-13(16)9-12/h2-6,9-10,18H,7-8,17H2,1H3. The Hall–Kier alpha value is -1.56. The number of nitrogen functional groups attached to an aromatic ring is 1. The predicted molar refractivity (Wildman–Crippen MR) is 85.9 cm³/mol. The average molecular weight is 325 g/mol. The molecule has 0 amide bonds. The summed E-state index contributed by atoms with van der Waals surface area (Å²) in [5, 5.41) is 0.640. The van der Waals surface area contributed by atoms with Crippen LogP contribution < -0.4 is 10.5 Å². The zero-order valence-corrected chi connectivity index (χ0v) is 13.2. The normalized spacial score (nSPS) is 11.5. The maximum Gasteiger partial charge on any atom is 0.240 e. The first kappa shape index (κ1) is 15.8. The number of sulfonamides is 1. The molecule has 0 aliphatic heterocycles. The van der Waals surface area contributed by atoms with Crippen LogP contribution in [-0.2, 0) is 16.4 Å². The van der Waals surface area contributed by atoms with Gasteiger partial charge in [-0.1, -0.05) is 29.8 Å². The fourth-order valence-electron chi connectivity index (χ4n) is 1.89. The maximum absolute atomic E-state index is 12.2. The Bertz CT molecular complexity index is 745. The number of benzene rings is 2. The van der Waals surface area contributed by atoms with Crippen LogP contribution in [0.5, 0.6) is 0 Å². The monoisotopic (exact) mass is 324 g/mol. The van der Waals surface area contributed by atoms with Crippen LogP contribution in [0, 0.1) is 6.92 Å². The molecule has 0 aliphatic carbocycles. The molecule has 0 saturated heterocycles. The molecule has 0 atom stereocenters. The minimum atomic E-state index is -3.54. The van der Waals surface area contributed by atoms with Crippen molar-refractivity contribution in [3.05, 3.63) is 58.6 Å². The van der Waals surface area contributed by atoms with Crippen molar-refractivity contribution in [3.63, 3.8) is 0 Å². The second-order valence-corrected chi connectivity index (χ2v) is 7.00. The van der Waals surface area contributed by atoms with Crippen LogP contribution in [0.2, 0.25) is 5.02 Å². The molecule has 0 heterocycles. The number of nitrogens with one attached hydrogen (secondary N) is 1. The smallest absolute Gasteiger partial charge is 0.240 e. The number of anilines is 1. The lowest BCUT2D eigenvalue weighted by Gasteiger charge is -2.09. The molecule has 0 unspecified atom stereocenters. The number of hydrogen-bond acceptors (Lipinski definition) is 3. The molecule has 3 N–H and O–H groups in total. The van der Waals surface area contributed by atoms with E-state index in [1.54, 1.807) is 18.2 Å². The van der Waals surface area contributed by atoms with Gasteiger partial charge in [0.05, 0.1) is 4.90 Å². The van der Waals surface area contributed by atoms with Gasteiger partial charge in [-0.15, -0.1) is 0 Å². The van der Waals surface area contributed by atoms with Gasteiger partial charge in [-0.25, -0.2) is 13.1 Å². The summed E-state index contributed by atoms with van der Waals surface area (Å²) in [6, 6.07) is 12.1. The van der Waals surface area contributed by atoms with Crippen molar-refractivity contribution in [2.75, 3.05) is 12.3 Å². The summed E-state index contributed by atoms with van der Waals surface area (Å²) in [4.78, 5) is 0.177. The zero-order chi connectivity index (χ0) is 15.5. The maximum atomic E-state index is 12.2. The molecule has 2 aromatic carbocycles. The van der Waals surface area contributed by atoms with Gasteiger partial charge in [0.15, 0.2) is 0 Å². The van der Waals surface area contributed by atoms with Crippen LogP contribution in [0.15, 0.2) is 47.4 Å². The Morgan fingerprint density at radius 2 is 1.95 bits per heavy atom. The first-order chi connectivity index (χ1) is 9.88. The molecule has 0 bridgehead atoms. The third-order valence-corrected chi connectivity index (χ3v) is 4.85. The summed E-state index contributed by atoms with van der Waals surface area (Å²) < 4.78 is 26.9. The van der Waals surface area contributed by atoms with Gasteiger partial charge in [-0.2, -0.15) is 0 Å². The first-order valence-electron chi connectivity index (χ1n) is 6.49. The van der Waals surface area contributed by atoms with Crippen molar-refractivity contribution in [2.24, 2.45) is 0 Å². The minimum Gasteiger partial charge on any atom is -0.398 e. The summed E-state index contributed by atoms with van der Waals surface area (Å²) in [5.41, 5.74) is 8.05. The van der Waals surface area contributed by atoms with Crippen LogP contribution in [0.4, 0.5) is 5.69 Å². The average Bonchev–Trinajstić information content (AvgIpc) is 2.41. The van der Waals surface area contributed by atoms with Crippen molar-refractivity contribution in [3.8, 4) is 0 Å². The van der Waals surface area contributed by atoms with Crippen LogP contribution >= 0.6 is 11.6 Å². The Morgan fingerprint density at radius 1 is 1.19 bits per heavy atom. The van der Waals surface area contributed by atoms with Gasteiger partial charge in [0.1, 0.15) is 0 Å². The fourth-order valence-corrected chi connectivity index (χ4v) is 3.17. The largest absolute Gasteiger partial charge is 0.398 e. The molecular weight excluding hydrogens is 308 g/mol. The van der Waals surface area contributed by atoms with E-state index in [0.717, 1.165) is 11.1 Å². The molecule has 112 valence electrons. The van der Waals surface area contributed by atoms with Gasteiger partial charge < -0.3 is 5.73 Å². The number of hydrogen-bond donors (Lipinski definition) is 2. The number of aryl methyl sites for hydroxylation is 1. The Labute approximate surface area is 130 Å². The summed E-state index contributed by atoms with van der Waals surface area (Å²) in [6.07, 6.45) is 0.571. The number of halogens is 1. The highest BCUT2D eigenvalue weighted by Crippen LogP contribution is 2.17. The van der Waals surface area contributed by atoms with Crippen molar-refractivity contribution in [2.45, 2.75) is 18.2 Å². The van der Waals surface area contributed by atoms with Gasteiger partial charge in [0, 0.05) is 17.3 Å². The Balaban J connectivity index is 2.03. The van der Waals surface area contributed by atoms with Crippen LogP contribution in [0.25, 0.3) is 0 Å². The molecule has 2 rings (SSSR count). The molecule has 4 nitrogen and oxygen atoms in total. The zero-order valence-electron chi connectivity index (χ0n) is 11.6. The van der Waals surface area contributed by atoms with E-state index in [9.17, 15) is 8.42 Å². The SMILES string of the molecule is Cc1ccc(S(=O)(=O)NCCc2cccc(Cl)c2)cc1N. The molecule has 0 aromatic heterocycles. The summed E-state index contributed by atoms with van der Waals surface area (Å²) >= 11 is 5.89. The van der Waals surface area contributed by atoms with E-state index in [4.69, 9.17) is 17.3 Å². The molecule has 21 heavy (non-hydrogen) atoms. The molecule has 6 heteroatoms. The molecule has 0 radical (unpaired) electrons. The summed E-state index contributed by atoms with van der Waals surface area (Å²) in [6.45, 7) is 2.13. The van der Waals surface area contributed by atoms with E-state index in [1.807, 2.05) is 25.1 Å². The van der Waals surface area contributed by atoms with E-state index in [-0.39, 0.29) is 4.90 Å². The highest BCUT2D eigenvalue weighted by atomic mass is 35.5. The first-order valence-corrected chi connectivity index (χ1v) is 8.35. The topological polar surface area (TPSA) is 72.2 Å². The van der Waals surface area contributed by atoms with Crippen LogP contribution in [0.1, 0.15) is 11.1 Å². The van der Waals surface area contributed by atoms with Gasteiger partial charge in [0.2, 0.25) is 10.0 Å². The van der Waals surface area contributed by atoms with E-state index < -0.39 is 10.0 Å². The van der Waals surface area contributed by atoms with Crippen molar-refractivity contribution in [1.29, 1.82) is 0 Å². The lowest BCUT2D eigenvalue weighted by molar-refractivity contribution is 0.581. The van der Waals surface area contributed by atoms with Gasteiger partial charge >= 0.3 is 0 Å². The van der Waals surface area contributed by atoms with Crippen LogP contribution in [0.3, 0.4) is 0 Å². The minimum absolute atomic E-state index is 0.177. The predicted octanol–water partition coefficient (Wildman–Crippen LogP) is 2.75. The molecule has 0 saturated carbocycles. The second-order valence-electron chi connectivity index (χ2n) is 4.80. The third-order valence-electron chi connectivity index (χ3n) is 3.16. The summed E-state index contributed by atoms with van der Waals surface area (Å²) in [5.74, 6) is 0. The highest BCUT2D eigenvalue weighted by Gasteiger charge is 2.14. The molecule has 2 aromatic rings. The van der Waals surface area contributed by atoms with Gasteiger partial charge in [-0.3, -0.25) is 0 Å². The fraction of sp³-hybridized carbons (Fsp3) is 0.200. The Kier molecular flexibility index (Phi) is 4.88. The quantitative estimate of drug-likeness (QED) is 0.831. The molecular formula is C15H17ClN2O2S. The third kappa shape index (κ3) is 4.20. The lowest BCUT2D eigenvalue weighted by atomic mass is 10.2. The van der Waals surface area contributed by atoms with E-state index in [0.29, 0.717) is 23.7 Å². The van der Waals surface area contributed by atoms with Crippen molar-refractivity contribution >= 4 is 27.3 Å². The number of nitrogens with two attached hydrogens (primary N) is 1. The van der Waals surface area contributed by atoms with Gasteiger partial charge in [-0.05, 0) is 48.7 Å². The molecule has 0 fully saturated rings. The Morgan fingerprint density at radius 3 is 2.62 bits per heavy atom. The molecule has 0 spiro atoms. The van der Waals surface area contributed by atoms with Gasteiger partial charge in [0.25, 0.3) is 0 Å². The highest BCUT2D eigenvalue weighted by molar-refractivity contribution is 7.89. The second kappa shape index (κ2) is 6.47. The lowest BCUT2D eigenvalue weighted by Crippen LogP contribution is -2.26. The number of rotatable bonds is 5. The van der Waals surface area contributed by atoms with E-state index in [1.165, 1.54) is 6.07 Å². The van der Waals surface area contributed by atoms with E-state index >= 15 is 0 Å². The van der Waals surface area contributed by atoms with Crippen LogP contribution in [-0.4, -0.2) is 15.0 Å². The van der Waals surface area contributed by atoms with E-state index in [2.05, 4.69) is 4.72 Å². The summed E-state index contributed by atoms with van der Waals surface area (Å²) in [7, 11) is -3.54. The molecule has 0 aliphatic rings.